The molecule has 0 saturated heterocycles. The van der Waals surface area contributed by atoms with Gasteiger partial charge in [-0.15, -0.1) is 23.1 Å². The van der Waals surface area contributed by atoms with E-state index < -0.39 is 23.0 Å². The molecule has 2 atom stereocenters. The Morgan fingerprint density at radius 1 is 0.793 bits per heavy atom. The number of fused-ring (bicyclic) bond motifs is 1. The summed E-state index contributed by atoms with van der Waals surface area (Å²) in [7, 11) is 2.89. The highest BCUT2D eigenvalue weighted by atomic mass is 32.2. The number of thioether (sulfide) groups is 1. The number of carbonyl (C=O) groups excluding carboxylic acids is 4. The second kappa shape index (κ2) is 18.7. The summed E-state index contributed by atoms with van der Waals surface area (Å²) in [6, 6.07) is 42.8. The molecule has 0 radical (unpaired) electrons. The van der Waals surface area contributed by atoms with Crippen molar-refractivity contribution in [1.82, 2.24) is 5.32 Å². The van der Waals surface area contributed by atoms with E-state index >= 15 is 0 Å². The summed E-state index contributed by atoms with van der Waals surface area (Å²) in [6.45, 7) is 0. The number of thiophene rings is 1. The van der Waals surface area contributed by atoms with Gasteiger partial charge in [0.25, 0.3) is 11.8 Å². The quantitative estimate of drug-likeness (QED) is 0.0604. The van der Waals surface area contributed by atoms with Gasteiger partial charge in [-0.2, -0.15) is 0 Å². The molecule has 58 heavy (non-hydrogen) atoms. The predicted molar refractivity (Wildman–Crippen MR) is 230 cm³/mol. The third-order valence-corrected chi connectivity index (χ3v) is 12.2. The minimum absolute atomic E-state index is 0.00749. The SMILES string of the molecule is COC(=O)c1c(NC(=O)C(Sc2cccc(NC(=O)/C(=C\c3ccccc3OC)NC(=O)c3ccccc3)c2)c2ccccc2)sc2c1CCC(c1ccccc1)C2. The number of hydrogen-bond acceptors (Lipinski definition) is 8. The van der Waals surface area contributed by atoms with E-state index in [1.54, 1.807) is 60.7 Å². The summed E-state index contributed by atoms with van der Waals surface area (Å²) < 4.78 is 10.7. The molecule has 7 rings (SSSR count). The van der Waals surface area contributed by atoms with Gasteiger partial charge in [0.05, 0.1) is 19.8 Å². The van der Waals surface area contributed by atoms with Crippen LogP contribution in [0.15, 0.2) is 150 Å². The first kappa shape index (κ1) is 39.8. The molecule has 0 spiro atoms. The molecule has 3 amide bonds. The number of esters is 1. The second-order valence-electron chi connectivity index (χ2n) is 13.5. The Morgan fingerprint density at radius 3 is 2.21 bits per heavy atom. The van der Waals surface area contributed by atoms with Crippen LogP contribution in [-0.2, 0) is 27.2 Å². The first-order valence-electron chi connectivity index (χ1n) is 18.7. The van der Waals surface area contributed by atoms with Gasteiger partial charge in [0, 0.05) is 26.6 Å². The molecular formula is C47H41N3O6S2. The summed E-state index contributed by atoms with van der Waals surface area (Å²) >= 11 is 2.75. The molecule has 0 saturated carbocycles. The van der Waals surface area contributed by atoms with Crippen LogP contribution < -0.4 is 20.7 Å². The van der Waals surface area contributed by atoms with Crippen molar-refractivity contribution in [2.24, 2.45) is 0 Å². The van der Waals surface area contributed by atoms with Gasteiger partial charge in [-0.3, -0.25) is 14.4 Å². The molecule has 5 aromatic carbocycles. The van der Waals surface area contributed by atoms with Crippen LogP contribution >= 0.6 is 23.1 Å². The molecule has 9 nitrogen and oxygen atoms in total. The Morgan fingerprint density at radius 2 is 1.48 bits per heavy atom. The van der Waals surface area contributed by atoms with E-state index in [9.17, 15) is 19.2 Å². The molecule has 2 unspecified atom stereocenters. The van der Waals surface area contributed by atoms with Gasteiger partial charge in [-0.25, -0.2) is 4.79 Å². The molecule has 6 aromatic rings. The largest absolute Gasteiger partial charge is 0.496 e. The standard InChI is InChI=1S/C47H41N3O6S2/c1-55-39-24-13-12-21-34(39)27-38(49-43(51)32-19-10-5-11-20-32)44(52)48-35-22-14-23-36(29-35)57-42(31-17-8-4-9-18-31)45(53)50-46-41(47(54)56-2)37-26-25-33(28-40(37)58-46)30-15-6-3-7-16-30/h3-24,27,29,33,42H,25-26,28H2,1-2H3,(H,48,52)(H,49,51)(H,50,53)/b38-27+. The van der Waals surface area contributed by atoms with Crippen molar-refractivity contribution in [3.63, 3.8) is 0 Å². The van der Waals surface area contributed by atoms with Crippen molar-refractivity contribution in [2.45, 2.75) is 35.3 Å². The summed E-state index contributed by atoms with van der Waals surface area (Å²) in [4.78, 5) is 56.5. The van der Waals surface area contributed by atoms with Crippen molar-refractivity contribution in [3.05, 3.63) is 183 Å². The summed E-state index contributed by atoms with van der Waals surface area (Å²) in [5.74, 6) is -0.938. The highest BCUT2D eigenvalue weighted by molar-refractivity contribution is 8.00. The van der Waals surface area contributed by atoms with Crippen LogP contribution in [-0.4, -0.2) is 37.9 Å². The Hall–Kier alpha value is -6.43. The smallest absolute Gasteiger partial charge is 0.341 e. The number of rotatable bonds is 13. The van der Waals surface area contributed by atoms with Crippen LogP contribution in [0.4, 0.5) is 10.7 Å². The maximum Gasteiger partial charge on any atom is 0.341 e. The Balaban J connectivity index is 1.14. The zero-order valence-electron chi connectivity index (χ0n) is 31.9. The third kappa shape index (κ3) is 9.39. The first-order chi connectivity index (χ1) is 28.3. The van der Waals surface area contributed by atoms with Gasteiger partial charge >= 0.3 is 5.97 Å². The van der Waals surface area contributed by atoms with Crippen LogP contribution in [0.3, 0.4) is 0 Å². The molecule has 1 aromatic heterocycles. The number of methoxy groups -OCH3 is 2. The van der Waals surface area contributed by atoms with Crippen molar-refractivity contribution in [1.29, 1.82) is 0 Å². The molecular weight excluding hydrogens is 767 g/mol. The number of nitrogens with one attached hydrogen (secondary N) is 3. The lowest BCUT2D eigenvalue weighted by Gasteiger charge is -2.22. The lowest BCUT2D eigenvalue weighted by atomic mass is 9.83. The summed E-state index contributed by atoms with van der Waals surface area (Å²) in [6.07, 6.45) is 3.92. The highest BCUT2D eigenvalue weighted by Crippen LogP contribution is 2.44. The predicted octanol–water partition coefficient (Wildman–Crippen LogP) is 9.70. The van der Waals surface area contributed by atoms with Gasteiger partial charge in [-0.05, 0) is 84.3 Å². The van der Waals surface area contributed by atoms with E-state index in [-0.39, 0.29) is 11.6 Å². The van der Waals surface area contributed by atoms with E-state index in [1.807, 2.05) is 72.8 Å². The minimum atomic E-state index is -0.722. The fourth-order valence-electron chi connectivity index (χ4n) is 6.95. The molecule has 0 bridgehead atoms. The topological polar surface area (TPSA) is 123 Å². The maximum absolute atomic E-state index is 14.4. The molecule has 0 fully saturated rings. The number of hydrogen-bond donors (Lipinski definition) is 3. The summed E-state index contributed by atoms with van der Waals surface area (Å²) in [5.41, 5.74) is 4.82. The van der Waals surface area contributed by atoms with Gasteiger partial charge < -0.3 is 25.4 Å². The number of anilines is 2. The number of para-hydroxylation sites is 1. The average Bonchev–Trinajstić information content (AvgIpc) is 3.63. The van der Waals surface area contributed by atoms with Crippen molar-refractivity contribution >= 4 is 63.6 Å². The summed E-state index contributed by atoms with van der Waals surface area (Å²) in [5, 5.41) is 8.56. The zero-order chi connectivity index (χ0) is 40.4. The van der Waals surface area contributed by atoms with Crippen LogP contribution in [0, 0.1) is 0 Å². The Bertz CT molecular complexity index is 2450. The lowest BCUT2D eigenvalue weighted by Crippen LogP contribution is -2.30. The second-order valence-corrected chi connectivity index (χ2v) is 15.8. The fraction of sp³-hybridized carbons (Fsp3) is 0.149. The fourth-order valence-corrected chi connectivity index (χ4v) is 9.35. The zero-order valence-corrected chi connectivity index (χ0v) is 33.5. The molecule has 3 N–H and O–H groups in total. The molecule has 1 heterocycles. The van der Waals surface area contributed by atoms with Crippen molar-refractivity contribution in [3.8, 4) is 5.75 Å². The Labute approximate surface area is 345 Å². The van der Waals surface area contributed by atoms with Gasteiger partial charge in [-0.1, -0.05) is 103 Å². The molecule has 292 valence electrons. The van der Waals surface area contributed by atoms with Crippen molar-refractivity contribution in [2.75, 3.05) is 24.9 Å². The minimum Gasteiger partial charge on any atom is -0.496 e. The molecule has 0 aliphatic heterocycles. The van der Waals surface area contributed by atoms with Crippen LogP contribution in [0.2, 0.25) is 0 Å². The molecule has 11 heteroatoms. The molecule has 1 aliphatic carbocycles. The number of ether oxygens (including phenoxy) is 2. The van der Waals surface area contributed by atoms with Crippen LogP contribution in [0.5, 0.6) is 5.75 Å². The van der Waals surface area contributed by atoms with Crippen molar-refractivity contribution < 1.29 is 28.7 Å². The number of carbonyl (C=O) groups is 4. The normalized spacial score (nSPS) is 14.0. The van der Waals surface area contributed by atoms with E-state index in [0.29, 0.717) is 50.4 Å². The van der Waals surface area contributed by atoms with Gasteiger partial charge in [0.1, 0.15) is 21.7 Å². The maximum atomic E-state index is 14.4. The van der Waals surface area contributed by atoms with E-state index in [1.165, 1.54) is 42.9 Å². The van der Waals surface area contributed by atoms with E-state index in [4.69, 9.17) is 9.47 Å². The molecule has 1 aliphatic rings. The van der Waals surface area contributed by atoms with E-state index in [0.717, 1.165) is 28.8 Å². The third-order valence-electron chi connectivity index (χ3n) is 9.82. The lowest BCUT2D eigenvalue weighted by molar-refractivity contribution is -0.116. The average molecular weight is 808 g/mol. The monoisotopic (exact) mass is 807 g/mol. The van der Waals surface area contributed by atoms with Crippen LogP contribution in [0.1, 0.15) is 65.4 Å². The number of amides is 3. The van der Waals surface area contributed by atoms with Crippen LogP contribution in [0.25, 0.3) is 6.08 Å². The van der Waals surface area contributed by atoms with E-state index in [2.05, 4.69) is 28.1 Å². The number of benzene rings is 5. The first-order valence-corrected chi connectivity index (χ1v) is 20.4. The highest BCUT2D eigenvalue weighted by Gasteiger charge is 2.32. The van der Waals surface area contributed by atoms with Gasteiger partial charge in [0.15, 0.2) is 0 Å². The Kier molecular flexibility index (Phi) is 12.8. The van der Waals surface area contributed by atoms with Gasteiger partial charge in [0.2, 0.25) is 5.91 Å².